The summed E-state index contributed by atoms with van der Waals surface area (Å²) in [4.78, 5) is 37.5. The van der Waals surface area contributed by atoms with E-state index in [0.717, 1.165) is 51.4 Å². The van der Waals surface area contributed by atoms with Crippen LogP contribution in [0.15, 0.2) is 11.6 Å². The lowest BCUT2D eigenvalue weighted by molar-refractivity contribution is -0.172. The van der Waals surface area contributed by atoms with Gasteiger partial charge in [-0.3, -0.25) is 14.4 Å². The van der Waals surface area contributed by atoms with Crippen LogP contribution in [0.3, 0.4) is 0 Å². The van der Waals surface area contributed by atoms with Crippen molar-refractivity contribution in [3.05, 3.63) is 11.6 Å². The van der Waals surface area contributed by atoms with Gasteiger partial charge in [-0.2, -0.15) is 0 Å². The minimum Gasteiger partial charge on any atom is -0.463 e. The fourth-order valence-electron chi connectivity index (χ4n) is 10.2. The van der Waals surface area contributed by atoms with Crippen LogP contribution in [0.2, 0.25) is 0 Å². The van der Waals surface area contributed by atoms with E-state index in [2.05, 4.69) is 54.5 Å². The van der Waals surface area contributed by atoms with Crippen molar-refractivity contribution in [1.29, 1.82) is 0 Å². The Bertz CT molecular complexity index is 1010. The molecule has 4 aliphatic carbocycles. The first kappa shape index (κ1) is 30.3. The molecule has 0 aromatic carbocycles. The monoisotopic (exact) mass is 542 g/mol. The lowest BCUT2D eigenvalue weighted by atomic mass is 9.41. The SMILES string of the molecule is CCC(CCC[C@@H](C)[C@H]1CC[C@@]2(C)C3C(=O)C[C@H]4C(C)(C)[C@@H](OC(C)=O)CC[C@]4(C)C3=CC[C@]12C)OC(C)=O. The molecule has 4 rings (SSSR count). The highest BCUT2D eigenvalue weighted by Gasteiger charge is 2.67. The molecule has 0 spiro atoms. The molecule has 9 atom stereocenters. The molecular weight excluding hydrogens is 488 g/mol. The number of Topliss-reactive ketones (excluding diaryl/α,β-unsaturated/α-hetero) is 1. The summed E-state index contributed by atoms with van der Waals surface area (Å²) in [6, 6.07) is 0. The van der Waals surface area contributed by atoms with Crippen molar-refractivity contribution in [2.75, 3.05) is 0 Å². The Hall–Kier alpha value is -1.65. The molecule has 0 bridgehead atoms. The quantitative estimate of drug-likeness (QED) is 0.231. The number of carbonyl (C=O) groups is 3. The lowest BCUT2D eigenvalue weighted by Gasteiger charge is -2.63. The van der Waals surface area contributed by atoms with Gasteiger partial charge in [-0.05, 0) is 85.4 Å². The predicted molar refractivity (Wildman–Crippen MR) is 154 cm³/mol. The maximum absolute atomic E-state index is 14.2. The molecular formula is C34H54O5. The summed E-state index contributed by atoms with van der Waals surface area (Å²) in [7, 11) is 0. The number of ketones is 1. The van der Waals surface area contributed by atoms with Crippen molar-refractivity contribution in [3.63, 3.8) is 0 Å². The number of allylic oxidation sites excluding steroid dienone is 2. The summed E-state index contributed by atoms with van der Waals surface area (Å²) in [6.07, 6.45) is 12.1. The smallest absolute Gasteiger partial charge is 0.302 e. The van der Waals surface area contributed by atoms with Crippen LogP contribution in [0.1, 0.15) is 127 Å². The molecule has 0 N–H and O–H groups in total. The van der Waals surface area contributed by atoms with E-state index in [4.69, 9.17) is 9.47 Å². The van der Waals surface area contributed by atoms with Crippen LogP contribution < -0.4 is 0 Å². The number of carbonyl (C=O) groups excluding carboxylic acids is 3. The molecule has 220 valence electrons. The third-order valence-electron chi connectivity index (χ3n) is 12.6. The summed E-state index contributed by atoms with van der Waals surface area (Å²) < 4.78 is 11.3. The Labute approximate surface area is 237 Å². The van der Waals surface area contributed by atoms with Gasteiger partial charge < -0.3 is 9.47 Å². The molecule has 0 aliphatic heterocycles. The molecule has 39 heavy (non-hydrogen) atoms. The zero-order chi connectivity index (χ0) is 29.0. The number of rotatable bonds is 8. The minimum absolute atomic E-state index is 0.00390. The van der Waals surface area contributed by atoms with Crippen LogP contribution in [0, 0.1) is 45.3 Å². The minimum atomic E-state index is -0.239. The maximum atomic E-state index is 14.2. The first-order valence-corrected chi connectivity index (χ1v) is 15.7. The van der Waals surface area contributed by atoms with Gasteiger partial charge in [0.05, 0.1) is 0 Å². The fraction of sp³-hybridized carbons (Fsp3) is 0.853. The van der Waals surface area contributed by atoms with Gasteiger partial charge in [-0.15, -0.1) is 0 Å². The number of esters is 2. The Balaban J connectivity index is 1.56. The lowest BCUT2D eigenvalue weighted by Crippen LogP contribution is -2.60. The molecule has 0 heterocycles. The van der Waals surface area contributed by atoms with E-state index in [-0.39, 0.29) is 57.6 Å². The van der Waals surface area contributed by atoms with Gasteiger partial charge in [0, 0.05) is 31.6 Å². The Kier molecular flexibility index (Phi) is 8.27. The van der Waals surface area contributed by atoms with E-state index in [0.29, 0.717) is 24.0 Å². The van der Waals surface area contributed by atoms with E-state index in [1.165, 1.54) is 25.8 Å². The molecule has 0 saturated heterocycles. The van der Waals surface area contributed by atoms with E-state index >= 15 is 0 Å². The Morgan fingerprint density at radius 1 is 1.00 bits per heavy atom. The first-order valence-electron chi connectivity index (χ1n) is 15.7. The molecule has 0 amide bonds. The summed E-state index contributed by atoms with van der Waals surface area (Å²) in [6.45, 7) is 19.2. The van der Waals surface area contributed by atoms with Gasteiger partial charge in [-0.1, -0.05) is 66.5 Å². The second kappa shape index (κ2) is 10.6. The molecule has 0 aromatic rings. The van der Waals surface area contributed by atoms with Crippen LogP contribution in [-0.4, -0.2) is 29.9 Å². The average molecular weight is 543 g/mol. The van der Waals surface area contributed by atoms with Gasteiger partial charge in [0.2, 0.25) is 0 Å². The van der Waals surface area contributed by atoms with Gasteiger partial charge in [0.15, 0.2) is 0 Å². The van der Waals surface area contributed by atoms with Crippen LogP contribution in [-0.2, 0) is 23.9 Å². The number of hydrogen-bond acceptors (Lipinski definition) is 5. The van der Waals surface area contributed by atoms with E-state index in [1.807, 2.05) is 0 Å². The highest BCUT2D eigenvalue weighted by molar-refractivity contribution is 5.87. The Morgan fingerprint density at radius 3 is 2.31 bits per heavy atom. The van der Waals surface area contributed by atoms with E-state index in [1.54, 1.807) is 0 Å². The molecule has 5 nitrogen and oxygen atoms in total. The predicted octanol–water partition coefficient (Wildman–Crippen LogP) is 7.85. The standard InChI is InChI=1S/C34H54O5/c1-10-24(38-22(3)35)13-11-12-21(2)25-14-19-34(9)30-26(15-18-33(25,34)8)32(7)17-16-29(39-23(4)36)31(5,6)28(32)20-27(30)37/h15,21,24-25,28-30H,10-14,16-20H2,1-9H3/t21-,24?,25-,28+,29+,30?,32-,33-,34+/m1/s1. The van der Waals surface area contributed by atoms with E-state index in [9.17, 15) is 14.4 Å². The normalized spacial score (nSPS) is 40.4. The molecule has 0 aromatic heterocycles. The molecule has 5 heteroatoms. The second-order valence-electron chi connectivity index (χ2n) is 14.9. The summed E-state index contributed by atoms with van der Waals surface area (Å²) >= 11 is 0. The van der Waals surface area contributed by atoms with Crippen molar-refractivity contribution in [1.82, 2.24) is 0 Å². The number of hydrogen-bond donors (Lipinski definition) is 0. The zero-order valence-corrected chi connectivity index (χ0v) is 26.2. The van der Waals surface area contributed by atoms with Crippen LogP contribution in [0.4, 0.5) is 0 Å². The van der Waals surface area contributed by atoms with Gasteiger partial charge in [0.1, 0.15) is 18.0 Å². The highest BCUT2D eigenvalue weighted by atomic mass is 16.5. The van der Waals surface area contributed by atoms with Crippen LogP contribution in [0.5, 0.6) is 0 Å². The average Bonchev–Trinajstić information content (AvgIpc) is 3.12. The topological polar surface area (TPSA) is 69.7 Å². The van der Waals surface area contributed by atoms with Crippen molar-refractivity contribution in [2.24, 2.45) is 45.3 Å². The second-order valence-corrected chi connectivity index (χ2v) is 14.9. The molecule has 3 fully saturated rings. The number of fused-ring (bicyclic) bond motifs is 5. The molecule has 3 saturated carbocycles. The van der Waals surface area contributed by atoms with Crippen molar-refractivity contribution < 1.29 is 23.9 Å². The number of ether oxygens (including phenoxy) is 2. The first-order chi connectivity index (χ1) is 18.1. The van der Waals surface area contributed by atoms with Crippen LogP contribution >= 0.6 is 0 Å². The van der Waals surface area contributed by atoms with Crippen molar-refractivity contribution in [2.45, 2.75) is 139 Å². The highest BCUT2D eigenvalue weighted by Crippen LogP contribution is 2.72. The summed E-state index contributed by atoms with van der Waals surface area (Å²) in [5.41, 5.74) is 1.21. The largest absolute Gasteiger partial charge is 0.463 e. The van der Waals surface area contributed by atoms with Gasteiger partial charge in [0.25, 0.3) is 0 Å². The van der Waals surface area contributed by atoms with Gasteiger partial charge >= 0.3 is 11.9 Å². The zero-order valence-electron chi connectivity index (χ0n) is 26.2. The van der Waals surface area contributed by atoms with Crippen molar-refractivity contribution in [3.8, 4) is 0 Å². The third kappa shape index (κ3) is 4.92. The molecule has 4 aliphatic rings. The Morgan fingerprint density at radius 2 is 1.69 bits per heavy atom. The molecule has 0 radical (unpaired) electrons. The van der Waals surface area contributed by atoms with E-state index < -0.39 is 0 Å². The maximum Gasteiger partial charge on any atom is 0.302 e. The van der Waals surface area contributed by atoms with Crippen molar-refractivity contribution >= 4 is 17.7 Å². The summed E-state index contributed by atoms with van der Waals surface area (Å²) in [5.74, 6) is 1.35. The van der Waals surface area contributed by atoms with Crippen LogP contribution in [0.25, 0.3) is 0 Å². The third-order valence-corrected chi connectivity index (χ3v) is 12.6. The summed E-state index contributed by atoms with van der Waals surface area (Å²) in [5, 5.41) is 0. The molecule has 2 unspecified atom stereocenters. The fourth-order valence-corrected chi connectivity index (χ4v) is 10.2. The van der Waals surface area contributed by atoms with Gasteiger partial charge in [-0.25, -0.2) is 0 Å².